The molecule has 0 fully saturated rings. The minimum Gasteiger partial charge on any atom is -0.496 e. The third kappa shape index (κ3) is 6.89. The quantitative estimate of drug-likeness (QED) is 0.396. The van der Waals surface area contributed by atoms with E-state index in [-0.39, 0.29) is 29.8 Å². The Morgan fingerprint density at radius 3 is 2.60 bits per heavy atom. The number of methoxy groups -OCH3 is 1. The summed E-state index contributed by atoms with van der Waals surface area (Å²) in [5.41, 5.74) is 3.19. The maximum atomic E-state index is 13.2. The van der Waals surface area contributed by atoms with Crippen molar-refractivity contribution in [1.82, 2.24) is 10.6 Å². The zero-order valence-corrected chi connectivity index (χ0v) is 17.1. The lowest BCUT2D eigenvalue weighted by Gasteiger charge is -2.13. The summed E-state index contributed by atoms with van der Waals surface area (Å²) >= 11 is 0. The standard InChI is InChI=1S/C19H24FN3O.HI/c1-14-7-8-16(12-18(14)24-3)13-23-19(21-2)22-10-9-15-5-4-6-17(20)11-15;/h4-8,11-12H,9-10,13H2,1-3H3,(H2,21,22,23);1H. The van der Waals surface area contributed by atoms with Crippen LogP contribution in [-0.2, 0) is 13.0 Å². The molecule has 0 bridgehead atoms. The molecule has 0 aliphatic carbocycles. The fourth-order valence-corrected chi connectivity index (χ4v) is 2.40. The van der Waals surface area contributed by atoms with Crippen molar-refractivity contribution in [3.05, 3.63) is 65.0 Å². The monoisotopic (exact) mass is 457 g/mol. The highest BCUT2D eigenvalue weighted by atomic mass is 127. The summed E-state index contributed by atoms with van der Waals surface area (Å²) in [5.74, 6) is 1.39. The Kier molecular flexibility index (Phi) is 9.26. The number of ether oxygens (including phenoxy) is 1. The number of hydrogen-bond acceptors (Lipinski definition) is 2. The summed E-state index contributed by atoms with van der Waals surface area (Å²) in [7, 11) is 3.40. The van der Waals surface area contributed by atoms with E-state index in [1.807, 2.05) is 25.1 Å². The van der Waals surface area contributed by atoms with E-state index in [4.69, 9.17) is 4.74 Å². The second-order valence-corrected chi connectivity index (χ2v) is 5.54. The highest BCUT2D eigenvalue weighted by Crippen LogP contribution is 2.18. The molecule has 136 valence electrons. The largest absolute Gasteiger partial charge is 0.496 e. The van der Waals surface area contributed by atoms with Gasteiger partial charge in [0.1, 0.15) is 11.6 Å². The van der Waals surface area contributed by atoms with E-state index >= 15 is 0 Å². The van der Waals surface area contributed by atoms with Gasteiger partial charge in [-0.15, -0.1) is 24.0 Å². The lowest BCUT2D eigenvalue weighted by atomic mass is 10.1. The molecule has 0 heterocycles. The molecule has 6 heteroatoms. The van der Waals surface area contributed by atoms with Gasteiger partial charge in [0, 0.05) is 20.1 Å². The molecular weight excluding hydrogens is 432 g/mol. The highest BCUT2D eigenvalue weighted by molar-refractivity contribution is 14.0. The zero-order chi connectivity index (χ0) is 17.4. The van der Waals surface area contributed by atoms with Crippen molar-refractivity contribution in [3.8, 4) is 5.75 Å². The molecule has 2 aromatic rings. The average molecular weight is 457 g/mol. The SMILES string of the molecule is CN=C(NCCc1cccc(F)c1)NCc1ccc(C)c(OC)c1.I. The molecule has 0 spiro atoms. The van der Waals surface area contributed by atoms with Crippen LogP contribution in [0.15, 0.2) is 47.5 Å². The number of aryl methyl sites for hydroxylation is 1. The molecule has 0 aromatic heterocycles. The van der Waals surface area contributed by atoms with Gasteiger partial charge in [-0.1, -0.05) is 24.3 Å². The van der Waals surface area contributed by atoms with Gasteiger partial charge in [0.2, 0.25) is 0 Å². The first kappa shape index (κ1) is 21.2. The summed E-state index contributed by atoms with van der Waals surface area (Å²) in [6, 6.07) is 12.8. The molecule has 0 amide bonds. The molecule has 0 saturated heterocycles. The zero-order valence-electron chi connectivity index (χ0n) is 14.8. The van der Waals surface area contributed by atoms with Crippen LogP contribution in [0.3, 0.4) is 0 Å². The molecule has 0 aliphatic heterocycles. The van der Waals surface area contributed by atoms with Crippen LogP contribution in [0.2, 0.25) is 0 Å². The van der Waals surface area contributed by atoms with Crippen molar-refractivity contribution in [3.63, 3.8) is 0 Å². The fraction of sp³-hybridized carbons (Fsp3) is 0.316. The average Bonchev–Trinajstić information content (AvgIpc) is 2.59. The van der Waals surface area contributed by atoms with Crippen LogP contribution in [0.5, 0.6) is 5.75 Å². The Bertz CT molecular complexity index is 707. The Labute approximate surface area is 165 Å². The van der Waals surface area contributed by atoms with Crippen molar-refractivity contribution in [2.24, 2.45) is 4.99 Å². The number of benzene rings is 2. The van der Waals surface area contributed by atoms with E-state index in [1.54, 1.807) is 26.3 Å². The first-order chi connectivity index (χ1) is 11.6. The number of nitrogens with one attached hydrogen (secondary N) is 2. The first-order valence-corrected chi connectivity index (χ1v) is 7.95. The molecule has 0 saturated carbocycles. The van der Waals surface area contributed by atoms with Crippen molar-refractivity contribution < 1.29 is 9.13 Å². The second-order valence-electron chi connectivity index (χ2n) is 5.54. The van der Waals surface area contributed by atoms with Gasteiger partial charge in [-0.05, 0) is 48.2 Å². The molecule has 4 nitrogen and oxygen atoms in total. The summed E-state index contributed by atoms with van der Waals surface area (Å²) in [4.78, 5) is 4.20. The topological polar surface area (TPSA) is 45.7 Å². The van der Waals surface area contributed by atoms with E-state index < -0.39 is 0 Å². The lowest BCUT2D eigenvalue weighted by molar-refractivity contribution is 0.411. The molecule has 2 N–H and O–H groups in total. The van der Waals surface area contributed by atoms with Crippen molar-refractivity contribution in [2.45, 2.75) is 19.9 Å². The van der Waals surface area contributed by atoms with E-state index in [1.165, 1.54) is 6.07 Å². The molecule has 25 heavy (non-hydrogen) atoms. The van der Waals surface area contributed by atoms with Crippen LogP contribution in [0, 0.1) is 12.7 Å². The predicted molar refractivity (Wildman–Crippen MR) is 111 cm³/mol. The second kappa shape index (κ2) is 10.9. The van der Waals surface area contributed by atoms with Crippen molar-refractivity contribution in [2.75, 3.05) is 20.7 Å². The number of rotatable bonds is 6. The minimum absolute atomic E-state index is 0. The highest BCUT2D eigenvalue weighted by Gasteiger charge is 2.03. The van der Waals surface area contributed by atoms with Crippen LogP contribution in [-0.4, -0.2) is 26.7 Å². The van der Waals surface area contributed by atoms with Gasteiger partial charge >= 0.3 is 0 Å². The molecule has 2 aromatic carbocycles. The molecule has 0 unspecified atom stereocenters. The molecular formula is C19H25FIN3O. The van der Waals surface area contributed by atoms with Gasteiger partial charge in [-0.2, -0.15) is 0 Å². The number of hydrogen-bond donors (Lipinski definition) is 2. The maximum Gasteiger partial charge on any atom is 0.191 e. The Hall–Kier alpha value is -1.83. The molecule has 2 rings (SSSR count). The summed E-state index contributed by atoms with van der Waals surface area (Å²) < 4.78 is 18.5. The molecule has 0 aliphatic rings. The Balaban J connectivity index is 0.00000312. The van der Waals surface area contributed by atoms with Gasteiger partial charge in [0.15, 0.2) is 5.96 Å². The minimum atomic E-state index is -0.205. The third-order valence-electron chi connectivity index (χ3n) is 3.75. The number of guanidine groups is 1. The van der Waals surface area contributed by atoms with Crippen LogP contribution in [0.4, 0.5) is 4.39 Å². The summed E-state index contributed by atoms with van der Waals surface area (Å²) in [6.07, 6.45) is 0.733. The van der Waals surface area contributed by atoms with Gasteiger partial charge in [-0.3, -0.25) is 4.99 Å². The van der Waals surface area contributed by atoms with E-state index in [2.05, 4.69) is 21.7 Å². The number of nitrogens with zero attached hydrogens (tertiary/aromatic N) is 1. The lowest BCUT2D eigenvalue weighted by Crippen LogP contribution is -2.37. The maximum absolute atomic E-state index is 13.2. The van der Waals surface area contributed by atoms with Crippen LogP contribution < -0.4 is 15.4 Å². The van der Waals surface area contributed by atoms with Crippen LogP contribution >= 0.6 is 24.0 Å². The van der Waals surface area contributed by atoms with E-state index in [9.17, 15) is 4.39 Å². The summed E-state index contributed by atoms with van der Waals surface area (Å²) in [5, 5.41) is 6.50. The summed E-state index contributed by atoms with van der Waals surface area (Å²) in [6.45, 7) is 3.35. The first-order valence-electron chi connectivity index (χ1n) is 7.95. The number of aliphatic imine (C=N–C) groups is 1. The smallest absolute Gasteiger partial charge is 0.191 e. The van der Waals surface area contributed by atoms with Crippen molar-refractivity contribution in [1.29, 1.82) is 0 Å². The van der Waals surface area contributed by atoms with Crippen molar-refractivity contribution >= 4 is 29.9 Å². The Morgan fingerprint density at radius 1 is 1.12 bits per heavy atom. The molecule has 0 radical (unpaired) electrons. The van der Waals surface area contributed by atoms with Crippen LogP contribution in [0.25, 0.3) is 0 Å². The molecule has 0 atom stereocenters. The Morgan fingerprint density at radius 2 is 1.92 bits per heavy atom. The van der Waals surface area contributed by atoms with Gasteiger partial charge in [0.25, 0.3) is 0 Å². The number of halogens is 2. The third-order valence-corrected chi connectivity index (χ3v) is 3.75. The van der Waals surface area contributed by atoms with Gasteiger partial charge < -0.3 is 15.4 Å². The van der Waals surface area contributed by atoms with Crippen LogP contribution in [0.1, 0.15) is 16.7 Å². The predicted octanol–water partition coefficient (Wildman–Crippen LogP) is 3.67. The fourth-order valence-electron chi connectivity index (χ4n) is 2.40. The van der Waals surface area contributed by atoms with Gasteiger partial charge in [-0.25, -0.2) is 4.39 Å². The van der Waals surface area contributed by atoms with E-state index in [0.29, 0.717) is 19.0 Å². The van der Waals surface area contributed by atoms with E-state index in [0.717, 1.165) is 28.9 Å². The van der Waals surface area contributed by atoms with Gasteiger partial charge in [0.05, 0.1) is 7.11 Å². The normalized spacial score (nSPS) is 10.8.